The molecule has 0 bridgehead atoms. The summed E-state index contributed by atoms with van der Waals surface area (Å²) in [5.74, 6) is 0.954. The molecule has 1 amide bonds. The van der Waals surface area contributed by atoms with Gasteiger partial charge in [-0.3, -0.25) is 9.69 Å². The molecule has 1 aliphatic heterocycles. The first-order valence-corrected chi connectivity index (χ1v) is 8.26. The van der Waals surface area contributed by atoms with E-state index in [1.807, 2.05) is 12.3 Å². The van der Waals surface area contributed by atoms with E-state index in [0.717, 1.165) is 30.9 Å². The van der Waals surface area contributed by atoms with E-state index in [4.69, 9.17) is 0 Å². The fraction of sp³-hybridized carbons (Fsp3) is 0.500. The van der Waals surface area contributed by atoms with Gasteiger partial charge in [0.1, 0.15) is 0 Å². The number of carbonyl (C=O) groups is 1. The van der Waals surface area contributed by atoms with Crippen LogP contribution in [-0.2, 0) is 11.2 Å². The first kappa shape index (κ1) is 15.1. The van der Waals surface area contributed by atoms with Crippen molar-refractivity contribution in [3.8, 4) is 0 Å². The number of fused-ring (bicyclic) bond motifs is 1. The van der Waals surface area contributed by atoms with Crippen LogP contribution >= 0.6 is 0 Å². The minimum absolute atomic E-state index is 0.148. The van der Waals surface area contributed by atoms with Crippen molar-refractivity contribution >= 4 is 16.8 Å². The molecule has 1 aromatic carbocycles. The summed E-state index contributed by atoms with van der Waals surface area (Å²) in [4.78, 5) is 17.6. The second kappa shape index (κ2) is 6.97. The first-order valence-electron chi connectivity index (χ1n) is 8.26. The number of nitrogens with zero attached hydrogens (tertiary/aromatic N) is 1. The Labute approximate surface area is 131 Å². The Morgan fingerprint density at radius 1 is 1.32 bits per heavy atom. The van der Waals surface area contributed by atoms with Crippen molar-refractivity contribution in [3.05, 3.63) is 36.0 Å². The van der Waals surface area contributed by atoms with E-state index >= 15 is 0 Å². The van der Waals surface area contributed by atoms with E-state index in [1.54, 1.807) is 0 Å². The highest BCUT2D eigenvalue weighted by molar-refractivity contribution is 5.83. The van der Waals surface area contributed by atoms with Crippen molar-refractivity contribution in [1.82, 2.24) is 15.2 Å². The zero-order valence-electron chi connectivity index (χ0n) is 13.3. The van der Waals surface area contributed by atoms with Crippen LogP contribution in [0.5, 0.6) is 0 Å². The quantitative estimate of drug-likeness (QED) is 0.891. The number of likely N-dealkylation sites (tertiary alicyclic amines) is 1. The maximum atomic E-state index is 12.0. The van der Waals surface area contributed by atoms with Gasteiger partial charge >= 0.3 is 0 Å². The molecule has 1 aliphatic rings. The molecule has 1 aromatic heterocycles. The molecule has 4 nitrogen and oxygen atoms in total. The Hall–Kier alpha value is -1.81. The van der Waals surface area contributed by atoms with E-state index in [-0.39, 0.29) is 5.91 Å². The Morgan fingerprint density at radius 2 is 2.09 bits per heavy atom. The number of rotatable bonds is 5. The molecule has 118 valence electrons. The van der Waals surface area contributed by atoms with Gasteiger partial charge in [-0.25, -0.2) is 0 Å². The largest absolute Gasteiger partial charge is 0.361 e. The van der Waals surface area contributed by atoms with Gasteiger partial charge in [-0.1, -0.05) is 25.1 Å². The predicted octanol–water partition coefficient (Wildman–Crippen LogP) is 2.56. The number of benzene rings is 1. The third kappa shape index (κ3) is 3.69. The summed E-state index contributed by atoms with van der Waals surface area (Å²) in [6.07, 6.45) is 5.33. The van der Waals surface area contributed by atoms with E-state index in [0.29, 0.717) is 13.1 Å². The van der Waals surface area contributed by atoms with Crippen LogP contribution in [0.4, 0.5) is 0 Å². The van der Waals surface area contributed by atoms with Gasteiger partial charge in [0, 0.05) is 23.6 Å². The van der Waals surface area contributed by atoms with Gasteiger partial charge < -0.3 is 10.3 Å². The number of aromatic amines is 1. The number of carbonyl (C=O) groups excluding carboxylic acids is 1. The van der Waals surface area contributed by atoms with Gasteiger partial charge in [-0.2, -0.15) is 0 Å². The SMILES string of the molecule is CC1CCN(CC(=O)NCCc2c[nH]c3ccccc23)CC1. The molecule has 2 N–H and O–H groups in total. The molecule has 3 rings (SSSR count). The second-order valence-corrected chi connectivity index (χ2v) is 6.42. The molecule has 1 saturated heterocycles. The Kier molecular flexibility index (Phi) is 4.78. The van der Waals surface area contributed by atoms with Crippen LogP contribution in [0.25, 0.3) is 10.9 Å². The van der Waals surface area contributed by atoms with Crippen LogP contribution in [0.3, 0.4) is 0 Å². The Balaban J connectivity index is 1.44. The molecular formula is C18H25N3O. The highest BCUT2D eigenvalue weighted by Crippen LogP contribution is 2.18. The van der Waals surface area contributed by atoms with E-state index in [9.17, 15) is 4.79 Å². The van der Waals surface area contributed by atoms with Crippen LogP contribution in [0.15, 0.2) is 30.5 Å². The number of nitrogens with one attached hydrogen (secondary N) is 2. The molecule has 0 saturated carbocycles. The molecule has 2 heterocycles. The Morgan fingerprint density at radius 3 is 2.91 bits per heavy atom. The average molecular weight is 299 g/mol. The number of H-pyrrole nitrogens is 1. The predicted molar refractivity (Wildman–Crippen MR) is 89.9 cm³/mol. The highest BCUT2D eigenvalue weighted by atomic mass is 16.2. The molecule has 0 radical (unpaired) electrons. The molecule has 1 fully saturated rings. The first-order chi connectivity index (χ1) is 10.7. The lowest BCUT2D eigenvalue weighted by Gasteiger charge is -2.29. The van der Waals surface area contributed by atoms with Crippen molar-refractivity contribution in [1.29, 1.82) is 0 Å². The van der Waals surface area contributed by atoms with Crippen LogP contribution in [-0.4, -0.2) is 42.0 Å². The second-order valence-electron chi connectivity index (χ2n) is 6.42. The molecule has 0 aliphatic carbocycles. The van der Waals surface area contributed by atoms with Gasteiger partial charge in [0.25, 0.3) is 0 Å². The maximum Gasteiger partial charge on any atom is 0.234 e. The molecular weight excluding hydrogens is 274 g/mol. The Bertz CT molecular complexity index is 626. The van der Waals surface area contributed by atoms with Gasteiger partial charge in [0.2, 0.25) is 5.91 Å². The van der Waals surface area contributed by atoms with Crippen molar-refractivity contribution in [2.24, 2.45) is 5.92 Å². The van der Waals surface area contributed by atoms with Gasteiger partial charge in [0.15, 0.2) is 0 Å². The monoisotopic (exact) mass is 299 g/mol. The third-order valence-corrected chi connectivity index (χ3v) is 4.63. The third-order valence-electron chi connectivity index (χ3n) is 4.63. The summed E-state index contributed by atoms with van der Waals surface area (Å²) in [7, 11) is 0. The van der Waals surface area contributed by atoms with Crippen LogP contribution < -0.4 is 5.32 Å². The summed E-state index contributed by atoms with van der Waals surface area (Å²) in [5.41, 5.74) is 2.42. The zero-order chi connectivity index (χ0) is 15.4. The number of hydrogen-bond acceptors (Lipinski definition) is 2. The topological polar surface area (TPSA) is 48.1 Å². The molecule has 22 heavy (non-hydrogen) atoms. The van der Waals surface area contributed by atoms with Gasteiger partial charge in [0.05, 0.1) is 6.54 Å². The van der Waals surface area contributed by atoms with E-state index in [1.165, 1.54) is 23.8 Å². The number of hydrogen-bond donors (Lipinski definition) is 2. The van der Waals surface area contributed by atoms with Crippen molar-refractivity contribution in [2.45, 2.75) is 26.2 Å². The summed E-state index contributed by atoms with van der Waals surface area (Å²) >= 11 is 0. The van der Waals surface area contributed by atoms with Crippen molar-refractivity contribution < 1.29 is 4.79 Å². The van der Waals surface area contributed by atoms with E-state index < -0.39 is 0 Å². The number of para-hydroxylation sites is 1. The lowest BCUT2D eigenvalue weighted by Crippen LogP contribution is -2.41. The maximum absolute atomic E-state index is 12.0. The summed E-state index contributed by atoms with van der Waals surface area (Å²) in [6.45, 7) is 5.64. The molecule has 2 aromatic rings. The lowest BCUT2D eigenvalue weighted by molar-refractivity contribution is -0.122. The van der Waals surface area contributed by atoms with Gasteiger partial charge in [-0.05, 0) is 49.9 Å². The van der Waals surface area contributed by atoms with E-state index in [2.05, 4.69) is 40.3 Å². The summed E-state index contributed by atoms with van der Waals surface area (Å²) in [6, 6.07) is 8.28. The normalized spacial score (nSPS) is 17.0. The van der Waals surface area contributed by atoms with Crippen molar-refractivity contribution in [2.75, 3.05) is 26.2 Å². The average Bonchev–Trinajstić information content (AvgIpc) is 2.93. The zero-order valence-corrected chi connectivity index (χ0v) is 13.3. The molecule has 0 unspecified atom stereocenters. The molecule has 0 atom stereocenters. The summed E-state index contributed by atoms with van der Waals surface area (Å²) in [5, 5.41) is 4.30. The number of aromatic nitrogens is 1. The standard InChI is InChI=1S/C18H25N3O/c1-14-7-10-21(11-8-14)13-18(22)19-9-6-15-12-20-17-5-3-2-4-16(15)17/h2-5,12,14,20H,6-11,13H2,1H3,(H,19,22). The smallest absolute Gasteiger partial charge is 0.234 e. The summed E-state index contributed by atoms with van der Waals surface area (Å²) < 4.78 is 0. The van der Waals surface area contributed by atoms with Crippen LogP contribution in [0, 0.1) is 5.92 Å². The van der Waals surface area contributed by atoms with Crippen molar-refractivity contribution in [3.63, 3.8) is 0 Å². The fourth-order valence-electron chi connectivity index (χ4n) is 3.15. The molecule has 0 spiro atoms. The minimum Gasteiger partial charge on any atom is -0.361 e. The van der Waals surface area contributed by atoms with Gasteiger partial charge in [-0.15, -0.1) is 0 Å². The highest BCUT2D eigenvalue weighted by Gasteiger charge is 2.17. The number of amides is 1. The molecule has 4 heteroatoms. The fourth-order valence-corrected chi connectivity index (χ4v) is 3.15. The minimum atomic E-state index is 0.148. The lowest BCUT2D eigenvalue weighted by atomic mass is 9.99. The van der Waals surface area contributed by atoms with Crippen LogP contribution in [0.1, 0.15) is 25.3 Å². The van der Waals surface area contributed by atoms with Crippen LogP contribution in [0.2, 0.25) is 0 Å². The number of piperidine rings is 1.